The van der Waals surface area contributed by atoms with Gasteiger partial charge in [0.1, 0.15) is 0 Å². The Morgan fingerprint density at radius 3 is 2.88 bits per heavy atom. The van der Waals surface area contributed by atoms with E-state index in [-0.39, 0.29) is 11.3 Å². The van der Waals surface area contributed by atoms with Crippen LogP contribution in [0.25, 0.3) is 0 Å². The van der Waals surface area contributed by atoms with Crippen LogP contribution in [-0.2, 0) is 10.8 Å². The van der Waals surface area contributed by atoms with Crippen LogP contribution in [0.2, 0.25) is 0 Å². The van der Waals surface area contributed by atoms with Gasteiger partial charge < -0.3 is 5.73 Å². The van der Waals surface area contributed by atoms with Crippen LogP contribution < -0.4 is 5.73 Å². The van der Waals surface area contributed by atoms with Crippen molar-refractivity contribution in [2.75, 3.05) is 0 Å². The average Bonchev–Trinajstić information content (AvgIpc) is 2.31. The van der Waals surface area contributed by atoms with Gasteiger partial charge in [0.15, 0.2) is 0 Å². The molecule has 2 N–H and O–H groups in total. The van der Waals surface area contributed by atoms with Gasteiger partial charge in [0.05, 0.1) is 16.0 Å². The SMILES string of the molecule is CC1CCC(N)C(S(=O)c2cccc(Br)c2)C1. The summed E-state index contributed by atoms with van der Waals surface area (Å²) in [5.41, 5.74) is 6.11. The first kappa shape index (κ1) is 13.2. The molecule has 4 unspecified atom stereocenters. The molecule has 0 heterocycles. The van der Waals surface area contributed by atoms with Crippen molar-refractivity contribution in [3.63, 3.8) is 0 Å². The van der Waals surface area contributed by atoms with Crippen LogP contribution >= 0.6 is 15.9 Å². The molecule has 0 aromatic heterocycles. The van der Waals surface area contributed by atoms with Crippen molar-refractivity contribution in [3.8, 4) is 0 Å². The van der Waals surface area contributed by atoms with E-state index in [0.29, 0.717) is 5.92 Å². The second kappa shape index (κ2) is 5.63. The summed E-state index contributed by atoms with van der Waals surface area (Å²) in [5, 5.41) is 0.105. The number of halogens is 1. The number of hydrogen-bond donors (Lipinski definition) is 1. The molecule has 4 atom stereocenters. The highest BCUT2D eigenvalue weighted by molar-refractivity contribution is 9.10. The van der Waals surface area contributed by atoms with Gasteiger partial charge in [-0.3, -0.25) is 4.21 Å². The second-order valence-corrected chi connectivity index (χ2v) is 7.46. The maximum Gasteiger partial charge on any atom is 0.0577 e. The molecule has 1 aromatic carbocycles. The summed E-state index contributed by atoms with van der Waals surface area (Å²) >= 11 is 3.42. The molecule has 1 aromatic rings. The molecule has 2 nitrogen and oxygen atoms in total. The Morgan fingerprint density at radius 2 is 2.18 bits per heavy atom. The third kappa shape index (κ3) is 3.18. The first-order valence-corrected chi connectivity index (χ1v) is 8.00. The van der Waals surface area contributed by atoms with E-state index in [2.05, 4.69) is 22.9 Å². The van der Waals surface area contributed by atoms with Gasteiger partial charge in [-0.1, -0.05) is 28.9 Å². The molecule has 94 valence electrons. The van der Waals surface area contributed by atoms with Gasteiger partial charge in [0.25, 0.3) is 0 Å². The first-order chi connectivity index (χ1) is 8.08. The fraction of sp³-hybridized carbons (Fsp3) is 0.538. The molecule has 1 fully saturated rings. The lowest BCUT2D eigenvalue weighted by Crippen LogP contribution is -2.42. The van der Waals surface area contributed by atoms with E-state index in [1.54, 1.807) is 0 Å². The van der Waals surface area contributed by atoms with E-state index in [9.17, 15) is 4.21 Å². The van der Waals surface area contributed by atoms with Gasteiger partial charge in [0, 0.05) is 15.4 Å². The highest BCUT2D eigenvalue weighted by Crippen LogP contribution is 2.29. The van der Waals surface area contributed by atoms with Gasteiger partial charge in [-0.25, -0.2) is 0 Å². The molecule has 0 bridgehead atoms. The Kier molecular flexibility index (Phi) is 4.39. The van der Waals surface area contributed by atoms with Crippen LogP contribution in [0.3, 0.4) is 0 Å². The summed E-state index contributed by atoms with van der Waals surface area (Å²) in [6, 6.07) is 7.81. The van der Waals surface area contributed by atoms with Crippen molar-refractivity contribution in [3.05, 3.63) is 28.7 Å². The molecule has 0 aliphatic heterocycles. The highest BCUT2D eigenvalue weighted by Gasteiger charge is 2.31. The second-order valence-electron chi connectivity index (χ2n) is 4.88. The molecule has 17 heavy (non-hydrogen) atoms. The zero-order valence-electron chi connectivity index (χ0n) is 9.93. The van der Waals surface area contributed by atoms with Crippen LogP contribution in [0.4, 0.5) is 0 Å². The van der Waals surface area contributed by atoms with Crippen molar-refractivity contribution in [1.29, 1.82) is 0 Å². The number of benzene rings is 1. The van der Waals surface area contributed by atoms with Crippen LogP contribution in [0.5, 0.6) is 0 Å². The molecule has 0 amide bonds. The summed E-state index contributed by atoms with van der Waals surface area (Å²) in [4.78, 5) is 0.883. The van der Waals surface area contributed by atoms with E-state index in [0.717, 1.165) is 28.6 Å². The van der Waals surface area contributed by atoms with Crippen molar-refractivity contribution < 1.29 is 4.21 Å². The Morgan fingerprint density at radius 1 is 1.41 bits per heavy atom. The fourth-order valence-electron chi connectivity index (χ4n) is 2.37. The van der Waals surface area contributed by atoms with Crippen LogP contribution in [0.15, 0.2) is 33.6 Å². The average molecular weight is 316 g/mol. The first-order valence-electron chi connectivity index (χ1n) is 5.99. The van der Waals surface area contributed by atoms with Crippen LogP contribution in [-0.4, -0.2) is 15.5 Å². The van der Waals surface area contributed by atoms with Gasteiger partial charge in [0.2, 0.25) is 0 Å². The lowest BCUT2D eigenvalue weighted by Gasteiger charge is -2.31. The van der Waals surface area contributed by atoms with Crippen LogP contribution in [0.1, 0.15) is 26.2 Å². The maximum atomic E-state index is 12.5. The molecule has 1 saturated carbocycles. The third-order valence-electron chi connectivity index (χ3n) is 3.41. The molecule has 4 heteroatoms. The van der Waals surface area contributed by atoms with Gasteiger partial charge in [-0.15, -0.1) is 0 Å². The minimum Gasteiger partial charge on any atom is -0.327 e. The molecule has 0 saturated heterocycles. The lowest BCUT2D eigenvalue weighted by molar-refractivity contribution is 0.353. The van der Waals surface area contributed by atoms with Crippen molar-refractivity contribution in [1.82, 2.24) is 0 Å². The predicted octanol–water partition coefficient (Wildman–Crippen LogP) is 3.07. The van der Waals surface area contributed by atoms with E-state index < -0.39 is 10.8 Å². The maximum absolute atomic E-state index is 12.5. The topological polar surface area (TPSA) is 43.1 Å². The smallest absolute Gasteiger partial charge is 0.0577 e. The van der Waals surface area contributed by atoms with E-state index in [1.165, 1.54) is 0 Å². The van der Waals surface area contributed by atoms with E-state index >= 15 is 0 Å². The zero-order valence-corrected chi connectivity index (χ0v) is 12.3. The quantitative estimate of drug-likeness (QED) is 0.911. The largest absolute Gasteiger partial charge is 0.327 e. The molecule has 0 radical (unpaired) electrons. The zero-order chi connectivity index (χ0) is 12.4. The molecule has 2 rings (SSSR count). The summed E-state index contributed by atoms with van der Waals surface area (Å²) in [7, 11) is -0.986. The summed E-state index contributed by atoms with van der Waals surface area (Å²) < 4.78 is 13.5. The summed E-state index contributed by atoms with van der Waals surface area (Å²) in [6.45, 7) is 2.22. The van der Waals surface area contributed by atoms with Crippen molar-refractivity contribution in [2.24, 2.45) is 11.7 Å². The van der Waals surface area contributed by atoms with Crippen molar-refractivity contribution in [2.45, 2.75) is 42.4 Å². The molecule has 1 aliphatic carbocycles. The van der Waals surface area contributed by atoms with Crippen molar-refractivity contribution >= 4 is 26.7 Å². The predicted molar refractivity (Wildman–Crippen MR) is 75.3 cm³/mol. The minimum absolute atomic E-state index is 0.0750. The number of rotatable bonds is 2. The number of hydrogen-bond acceptors (Lipinski definition) is 2. The minimum atomic E-state index is -0.986. The Labute approximate surface area is 114 Å². The van der Waals surface area contributed by atoms with Gasteiger partial charge >= 0.3 is 0 Å². The highest BCUT2D eigenvalue weighted by atomic mass is 79.9. The third-order valence-corrected chi connectivity index (χ3v) is 5.71. The summed E-state index contributed by atoms with van der Waals surface area (Å²) in [6.07, 6.45) is 3.12. The van der Waals surface area contributed by atoms with Gasteiger partial charge in [-0.05, 0) is 43.4 Å². The normalized spacial score (nSPS) is 31.1. The molecule has 0 spiro atoms. The van der Waals surface area contributed by atoms with Crippen LogP contribution in [0, 0.1) is 5.92 Å². The van der Waals surface area contributed by atoms with Gasteiger partial charge in [-0.2, -0.15) is 0 Å². The Balaban J connectivity index is 2.18. The fourth-order valence-corrected chi connectivity index (χ4v) is 4.68. The standard InChI is InChI=1S/C13H18BrNOS/c1-9-5-6-12(15)13(7-9)17(16)11-4-2-3-10(14)8-11/h2-4,8-9,12-13H,5-7,15H2,1H3. The molecular weight excluding hydrogens is 298 g/mol. The monoisotopic (exact) mass is 315 g/mol. The Bertz CT molecular complexity index is 424. The van der Waals surface area contributed by atoms with E-state index in [4.69, 9.17) is 5.73 Å². The summed E-state index contributed by atoms with van der Waals surface area (Å²) in [5.74, 6) is 0.635. The molecule has 1 aliphatic rings. The lowest BCUT2D eigenvalue weighted by atomic mass is 9.87. The molecular formula is C13H18BrNOS. The van der Waals surface area contributed by atoms with E-state index in [1.807, 2.05) is 24.3 Å². The Hall–Kier alpha value is -0.190. The number of nitrogens with two attached hydrogens (primary N) is 1.